The van der Waals surface area contributed by atoms with Crippen molar-refractivity contribution in [2.75, 3.05) is 11.9 Å². The monoisotopic (exact) mass is 498 g/mol. The zero-order valence-corrected chi connectivity index (χ0v) is 20.7. The highest BCUT2D eigenvalue weighted by Crippen LogP contribution is 2.37. The van der Waals surface area contributed by atoms with E-state index in [0.717, 1.165) is 28.7 Å². The molecule has 4 aromatic rings. The van der Waals surface area contributed by atoms with Crippen LogP contribution >= 0.6 is 0 Å². The molecule has 0 spiro atoms. The Kier molecular flexibility index (Phi) is 6.77. The largest absolute Gasteiger partial charge is 0.486 e. The van der Waals surface area contributed by atoms with Gasteiger partial charge in [-0.2, -0.15) is 0 Å². The standard InChI is InChI=1S/C30H27FN2O4/c1-19-4-3-5-24(16-19)32-30(35)28-13-12-26(37-28)18-36-25-11-8-21-14-15-33(20(2)34)29(27(21)17-25)22-6-9-23(31)10-7-22/h3-13,16-17,29H,14-15,18H2,1-2H3,(H,32,35). The Labute approximate surface area is 214 Å². The van der Waals surface area contributed by atoms with E-state index in [-0.39, 0.29) is 36.0 Å². The summed E-state index contributed by atoms with van der Waals surface area (Å²) in [5.74, 6) is 0.608. The van der Waals surface area contributed by atoms with Crippen molar-refractivity contribution in [3.63, 3.8) is 0 Å². The molecule has 0 radical (unpaired) electrons. The average molecular weight is 499 g/mol. The number of aryl methyl sites for hydroxylation is 1. The van der Waals surface area contributed by atoms with Gasteiger partial charge in [-0.1, -0.05) is 30.3 Å². The third kappa shape index (κ3) is 5.40. The lowest BCUT2D eigenvalue weighted by molar-refractivity contribution is -0.130. The maximum atomic E-state index is 13.6. The Morgan fingerprint density at radius 3 is 2.62 bits per heavy atom. The quantitative estimate of drug-likeness (QED) is 0.351. The predicted octanol–water partition coefficient (Wildman–Crippen LogP) is 6.05. The van der Waals surface area contributed by atoms with Crippen LogP contribution in [-0.4, -0.2) is 23.3 Å². The first kappa shape index (κ1) is 24.3. The van der Waals surface area contributed by atoms with Crippen LogP contribution < -0.4 is 10.1 Å². The fraction of sp³-hybridized carbons (Fsp3) is 0.200. The molecule has 1 aromatic heterocycles. The highest BCUT2D eigenvalue weighted by Gasteiger charge is 2.31. The third-order valence-electron chi connectivity index (χ3n) is 6.48. The van der Waals surface area contributed by atoms with E-state index in [1.807, 2.05) is 49.4 Å². The van der Waals surface area contributed by atoms with Gasteiger partial charge in [-0.05, 0) is 84.1 Å². The first-order valence-electron chi connectivity index (χ1n) is 12.1. The fourth-order valence-corrected chi connectivity index (χ4v) is 4.67. The van der Waals surface area contributed by atoms with Crippen molar-refractivity contribution < 1.29 is 23.1 Å². The van der Waals surface area contributed by atoms with Crippen LogP contribution in [0.1, 0.15) is 51.5 Å². The third-order valence-corrected chi connectivity index (χ3v) is 6.48. The van der Waals surface area contributed by atoms with E-state index in [2.05, 4.69) is 5.32 Å². The number of benzene rings is 3. The summed E-state index contributed by atoms with van der Waals surface area (Å²) in [6.07, 6.45) is 0.727. The predicted molar refractivity (Wildman–Crippen MR) is 138 cm³/mol. The van der Waals surface area contributed by atoms with Gasteiger partial charge >= 0.3 is 0 Å². The average Bonchev–Trinajstić information content (AvgIpc) is 3.36. The number of hydrogen-bond donors (Lipinski definition) is 1. The van der Waals surface area contributed by atoms with E-state index in [4.69, 9.17) is 9.15 Å². The second kappa shape index (κ2) is 10.3. The molecule has 1 atom stereocenters. The van der Waals surface area contributed by atoms with Crippen molar-refractivity contribution in [2.24, 2.45) is 0 Å². The van der Waals surface area contributed by atoms with Crippen LogP contribution in [0.25, 0.3) is 0 Å². The van der Waals surface area contributed by atoms with Crippen LogP contribution in [0.15, 0.2) is 83.3 Å². The van der Waals surface area contributed by atoms with Gasteiger partial charge in [0.15, 0.2) is 5.76 Å². The number of nitrogens with one attached hydrogen (secondary N) is 1. The maximum Gasteiger partial charge on any atom is 0.291 e. The summed E-state index contributed by atoms with van der Waals surface area (Å²) in [5.41, 5.74) is 4.65. The van der Waals surface area contributed by atoms with Gasteiger partial charge in [0.2, 0.25) is 5.91 Å². The molecule has 0 bridgehead atoms. The summed E-state index contributed by atoms with van der Waals surface area (Å²) in [6.45, 7) is 4.22. The Morgan fingerprint density at radius 2 is 1.86 bits per heavy atom. The molecule has 2 amide bonds. The number of carbonyl (C=O) groups is 2. The van der Waals surface area contributed by atoms with E-state index in [9.17, 15) is 14.0 Å². The molecule has 0 saturated heterocycles. The minimum absolute atomic E-state index is 0.0432. The summed E-state index contributed by atoms with van der Waals surface area (Å²) >= 11 is 0. The van der Waals surface area contributed by atoms with Crippen molar-refractivity contribution in [3.8, 4) is 5.75 Å². The van der Waals surface area contributed by atoms with Crippen molar-refractivity contribution >= 4 is 17.5 Å². The number of nitrogens with zero attached hydrogens (tertiary/aromatic N) is 1. The molecule has 2 heterocycles. The lowest BCUT2D eigenvalue weighted by Gasteiger charge is -2.37. The minimum Gasteiger partial charge on any atom is -0.486 e. The first-order valence-corrected chi connectivity index (χ1v) is 12.1. The van der Waals surface area contributed by atoms with Gasteiger partial charge in [0, 0.05) is 19.2 Å². The van der Waals surface area contributed by atoms with Gasteiger partial charge in [-0.15, -0.1) is 0 Å². The molecule has 5 rings (SSSR count). The minimum atomic E-state index is -0.336. The molecule has 0 saturated carbocycles. The molecular weight excluding hydrogens is 471 g/mol. The molecule has 1 unspecified atom stereocenters. The molecule has 188 valence electrons. The highest BCUT2D eigenvalue weighted by molar-refractivity contribution is 6.02. The molecule has 3 aromatic carbocycles. The summed E-state index contributed by atoms with van der Waals surface area (Å²) < 4.78 is 25.3. The molecular formula is C30H27FN2O4. The molecule has 0 aliphatic carbocycles. The molecule has 1 N–H and O–H groups in total. The maximum absolute atomic E-state index is 13.6. The van der Waals surface area contributed by atoms with Crippen molar-refractivity contribution in [1.82, 2.24) is 4.90 Å². The van der Waals surface area contributed by atoms with E-state index in [0.29, 0.717) is 23.7 Å². The van der Waals surface area contributed by atoms with Crippen molar-refractivity contribution in [1.29, 1.82) is 0 Å². The van der Waals surface area contributed by atoms with E-state index < -0.39 is 0 Å². The summed E-state index contributed by atoms with van der Waals surface area (Å²) in [4.78, 5) is 26.8. The van der Waals surface area contributed by atoms with Crippen LogP contribution in [0, 0.1) is 12.7 Å². The van der Waals surface area contributed by atoms with Gasteiger partial charge in [0.1, 0.15) is 23.9 Å². The van der Waals surface area contributed by atoms with Crippen LogP contribution in [0.4, 0.5) is 10.1 Å². The Hall–Kier alpha value is -4.39. The number of amides is 2. The van der Waals surface area contributed by atoms with Gasteiger partial charge in [0.25, 0.3) is 5.91 Å². The summed E-state index contributed by atoms with van der Waals surface area (Å²) in [5, 5.41) is 2.83. The van der Waals surface area contributed by atoms with Crippen LogP contribution in [0.3, 0.4) is 0 Å². The number of hydrogen-bond acceptors (Lipinski definition) is 4. The smallest absolute Gasteiger partial charge is 0.291 e. The molecule has 37 heavy (non-hydrogen) atoms. The molecule has 1 aliphatic rings. The van der Waals surface area contributed by atoms with Gasteiger partial charge in [-0.25, -0.2) is 4.39 Å². The number of rotatable bonds is 6. The lowest BCUT2D eigenvalue weighted by Crippen LogP contribution is -2.39. The van der Waals surface area contributed by atoms with Crippen molar-refractivity contribution in [2.45, 2.75) is 32.9 Å². The molecule has 0 fully saturated rings. The van der Waals surface area contributed by atoms with E-state index in [1.54, 1.807) is 36.1 Å². The molecule has 7 heteroatoms. The summed E-state index contributed by atoms with van der Waals surface area (Å²) in [6, 6.07) is 22.6. The number of furan rings is 1. The number of anilines is 1. The molecule has 1 aliphatic heterocycles. The number of halogens is 1. The topological polar surface area (TPSA) is 71.8 Å². The Bertz CT molecular complexity index is 1440. The van der Waals surface area contributed by atoms with Crippen LogP contribution in [0.2, 0.25) is 0 Å². The van der Waals surface area contributed by atoms with E-state index in [1.165, 1.54) is 12.1 Å². The number of ether oxygens (including phenoxy) is 1. The van der Waals surface area contributed by atoms with Gasteiger partial charge in [0.05, 0.1) is 6.04 Å². The highest BCUT2D eigenvalue weighted by atomic mass is 19.1. The zero-order valence-electron chi connectivity index (χ0n) is 20.7. The van der Waals surface area contributed by atoms with Crippen LogP contribution in [0.5, 0.6) is 5.75 Å². The van der Waals surface area contributed by atoms with Crippen LogP contribution in [-0.2, 0) is 17.8 Å². The molecule has 6 nitrogen and oxygen atoms in total. The number of fused-ring (bicyclic) bond motifs is 1. The Morgan fingerprint density at radius 1 is 1.05 bits per heavy atom. The SMILES string of the molecule is CC(=O)N1CCc2ccc(OCc3ccc(C(=O)Nc4cccc(C)c4)o3)cc2C1c1ccc(F)cc1. The first-order chi connectivity index (χ1) is 17.9. The van der Waals surface area contributed by atoms with E-state index >= 15 is 0 Å². The normalized spacial score (nSPS) is 14.7. The second-order valence-corrected chi connectivity index (χ2v) is 9.16. The lowest BCUT2D eigenvalue weighted by atomic mass is 9.88. The Balaban J connectivity index is 1.32. The van der Waals surface area contributed by atoms with Gasteiger partial charge < -0.3 is 19.4 Å². The van der Waals surface area contributed by atoms with Gasteiger partial charge in [-0.3, -0.25) is 9.59 Å². The second-order valence-electron chi connectivity index (χ2n) is 9.16. The van der Waals surface area contributed by atoms with Crippen molar-refractivity contribution in [3.05, 3.63) is 118 Å². The fourth-order valence-electron chi connectivity index (χ4n) is 4.67. The summed E-state index contributed by atoms with van der Waals surface area (Å²) in [7, 11) is 0. The zero-order chi connectivity index (χ0) is 25.9. The number of carbonyl (C=O) groups excluding carboxylic acids is 2.